The molecule has 0 saturated carbocycles. The molecule has 3 aromatic rings. The molecule has 0 radical (unpaired) electrons. The number of hydrogen-bond donors (Lipinski definition) is 0. The van der Waals surface area contributed by atoms with Gasteiger partial charge in [-0.2, -0.15) is 9.30 Å². The number of aromatic nitrogens is 1. The lowest BCUT2D eigenvalue weighted by Gasteiger charge is -2.26. The van der Waals surface area contributed by atoms with Crippen LogP contribution in [-0.2, 0) is 21.3 Å². The van der Waals surface area contributed by atoms with Gasteiger partial charge in [0.15, 0.2) is 4.80 Å². The topological polar surface area (TPSA) is 90.2 Å². The number of fused-ring (bicyclic) bond motifs is 1. The normalized spacial score (nSPS) is 15.6. The molecule has 2 heterocycles. The molecule has 0 N–H and O–H groups in total. The monoisotopic (exact) mass is 471 g/mol. The van der Waals surface area contributed by atoms with E-state index in [1.54, 1.807) is 11.7 Å². The average molecular weight is 472 g/mol. The molecule has 1 amide bonds. The zero-order valence-corrected chi connectivity index (χ0v) is 19.0. The summed E-state index contributed by atoms with van der Waals surface area (Å²) in [6.07, 6.45) is 5.51. The first-order valence-corrected chi connectivity index (χ1v) is 12.1. The molecule has 8 nitrogen and oxygen atoms in total. The number of rotatable bonds is 5. The van der Waals surface area contributed by atoms with Gasteiger partial charge in [-0.15, -0.1) is 6.42 Å². The largest absolute Gasteiger partial charge is 0.497 e. The van der Waals surface area contributed by atoms with Crippen molar-refractivity contribution in [2.24, 2.45) is 4.99 Å². The van der Waals surface area contributed by atoms with Crippen molar-refractivity contribution in [2.75, 3.05) is 33.4 Å². The minimum atomic E-state index is -3.63. The third-order valence-electron chi connectivity index (χ3n) is 5.05. The summed E-state index contributed by atoms with van der Waals surface area (Å²) >= 11 is 1.33. The second-order valence-electron chi connectivity index (χ2n) is 6.97. The zero-order valence-electron chi connectivity index (χ0n) is 17.4. The SMILES string of the molecule is C#CCn1c(=NC(=O)c2ccc(S(=O)(=O)N3CCOCC3)cc2)sc2cc(OC)ccc21. The molecule has 1 aliphatic rings. The van der Waals surface area contributed by atoms with Crippen molar-refractivity contribution >= 4 is 37.5 Å². The first-order chi connectivity index (χ1) is 15.4. The molecule has 0 spiro atoms. The third-order valence-corrected chi connectivity index (χ3v) is 8.00. The number of methoxy groups -OCH3 is 1. The summed E-state index contributed by atoms with van der Waals surface area (Å²) in [6, 6.07) is 11.4. The van der Waals surface area contributed by atoms with Crippen molar-refractivity contribution < 1.29 is 22.7 Å². The van der Waals surface area contributed by atoms with Gasteiger partial charge < -0.3 is 14.0 Å². The van der Waals surface area contributed by atoms with Gasteiger partial charge in [0.05, 0.1) is 42.0 Å². The molecular formula is C22H21N3O5S2. The van der Waals surface area contributed by atoms with Crippen LogP contribution in [0.3, 0.4) is 0 Å². The van der Waals surface area contributed by atoms with Crippen molar-refractivity contribution in [3.63, 3.8) is 0 Å². The Kier molecular flexibility index (Phi) is 6.43. The summed E-state index contributed by atoms with van der Waals surface area (Å²) in [5.41, 5.74) is 1.14. The molecule has 1 aliphatic heterocycles. The number of hydrogen-bond acceptors (Lipinski definition) is 6. The number of thiazole rings is 1. The van der Waals surface area contributed by atoms with Gasteiger partial charge in [-0.05, 0) is 42.5 Å². The van der Waals surface area contributed by atoms with E-state index in [4.69, 9.17) is 15.9 Å². The molecule has 0 atom stereocenters. The first kappa shape index (κ1) is 22.2. The Hall–Kier alpha value is -2.97. The molecule has 0 aliphatic carbocycles. The van der Waals surface area contributed by atoms with Crippen LogP contribution in [0.1, 0.15) is 10.4 Å². The van der Waals surface area contributed by atoms with Crippen LogP contribution in [0.4, 0.5) is 0 Å². The van der Waals surface area contributed by atoms with E-state index in [0.29, 0.717) is 36.9 Å². The van der Waals surface area contributed by atoms with Gasteiger partial charge in [0.2, 0.25) is 10.0 Å². The van der Waals surface area contributed by atoms with Crippen LogP contribution >= 0.6 is 11.3 Å². The lowest BCUT2D eigenvalue weighted by atomic mass is 10.2. The van der Waals surface area contributed by atoms with Crippen LogP contribution in [0.5, 0.6) is 5.75 Å². The number of terminal acetylenes is 1. The standard InChI is InChI=1S/C22H21N3O5S2/c1-3-10-25-19-9-6-17(29-2)15-20(19)31-22(25)23-21(26)16-4-7-18(8-5-16)32(27,28)24-11-13-30-14-12-24/h1,4-9,15H,10-14H2,2H3. The van der Waals surface area contributed by atoms with Gasteiger partial charge in [-0.25, -0.2) is 8.42 Å². The Morgan fingerprint density at radius 2 is 1.94 bits per heavy atom. The predicted octanol–water partition coefficient (Wildman–Crippen LogP) is 2.11. The fourth-order valence-electron chi connectivity index (χ4n) is 3.37. The molecule has 1 saturated heterocycles. The van der Waals surface area contributed by atoms with Crippen LogP contribution in [0.25, 0.3) is 10.2 Å². The molecule has 2 aromatic carbocycles. The number of ether oxygens (including phenoxy) is 2. The highest BCUT2D eigenvalue weighted by Crippen LogP contribution is 2.23. The summed E-state index contributed by atoms with van der Waals surface area (Å²) in [6.45, 7) is 1.62. The Balaban J connectivity index is 1.66. The van der Waals surface area contributed by atoms with Crippen molar-refractivity contribution in [1.82, 2.24) is 8.87 Å². The van der Waals surface area contributed by atoms with E-state index in [0.717, 1.165) is 10.2 Å². The van der Waals surface area contributed by atoms with Gasteiger partial charge in [-0.1, -0.05) is 17.3 Å². The van der Waals surface area contributed by atoms with Gasteiger partial charge in [0.1, 0.15) is 5.75 Å². The van der Waals surface area contributed by atoms with Gasteiger partial charge in [-0.3, -0.25) is 4.79 Å². The molecule has 32 heavy (non-hydrogen) atoms. The van der Waals surface area contributed by atoms with Crippen LogP contribution in [0.2, 0.25) is 0 Å². The van der Waals surface area contributed by atoms with E-state index in [2.05, 4.69) is 10.9 Å². The van der Waals surface area contributed by atoms with Crippen molar-refractivity contribution in [2.45, 2.75) is 11.4 Å². The lowest BCUT2D eigenvalue weighted by molar-refractivity contribution is 0.0730. The molecule has 166 valence electrons. The molecule has 4 rings (SSSR count). The number of carbonyl (C=O) groups is 1. The van der Waals surface area contributed by atoms with E-state index in [-0.39, 0.29) is 17.0 Å². The van der Waals surface area contributed by atoms with E-state index >= 15 is 0 Å². The molecular weight excluding hydrogens is 450 g/mol. The Morgan fingerprint density at radius 1 is 1.22 bits per heavy atom. The van der Waals surface area contributed by atoms with E-state index in [1.165, 1.54) is 39.9 Å². The molecule has 1 aromatic heterocycles. The van der Waals surface area contributed by atoms with Gasteiger partial charge in [0, 0.05) is 18.7 Å². The highest BCUT2D eigenvalue weighted by atomic mass is 32.2. The second-order valence-corrected chi connectivity index (χ2v) is 9.91. The van der Waals surface area contributed by atoms with E-state index < -0.39 is 15.9 Å². The Morgan fingerprint density at radius 3 is 2.59 bits per heavy atom. The fourth-order valence-corrected chi connectivity index (χ4v) is 5.83. The summed E-state index contributed by atoms with van der Waals surface area (Å²) < 4.78 is 40.1. The number of nitrogens with zero attached hydrogens (tertiary/aromatic N) is 3. The number of amides is 1. The maximum Gasteiger partial charge on any atom is 0.279 e. The van der Waals surface area contributed by atoms with Crippen LogP contribution in [0.15, 0.2) is 52.4 Å². The molecule has 0 bridgehead atoms. The molecule has 10 heteroatoms. The Labute approximate surface area is 189 Å². The number of carbonyl (C=O) groups excluding carboxylic acids is 1. The fraction of sp³-hybridized carbons (Fsp3) is 0.273. The number of benzene rings is 2. The lowest BCUT2D eigenvalue weighted by Crippen LogP contribution is -2.40. The summed E-state index contributed by atoms with van der Waals surface area (Å²) in [5.74, 6) is 2.80. The summed E-state index contributed by atoms with van der Waals surface area (Å²) in [7, 11) is -2.04. The smallest absolute Gasteiger partial charge is 0.279 e. The van der Waals surface area contributed by atoms with Crippen molar-refractivity contribution in [3.8, 4) is 18.1 Å². The Bertz CT molecular complexity index is 1360. The zero-order chi connectivity index (χ0) is 22.7. The minimum Gasteiger partial charge on any atom is -0.497 e. The molecule has 0 unspecified atom stereocenters. The van der Waals surface area contributed by atoms with E-state index in [9.17, 15) is 13.2 Å². The van der Waals surface area contributed by atoms with Crippen molar-refractivity contribution in [3.05, 3.63) is 52.8 Å². The van der Waals surface area contributed by atoms with Crippen molar-refractivity contribution in [1.29, 1.82) is 0 Å². The second kappa shape index (κ2) is 9.26. The van der Waals surface area contributed by atoms with Crippen LogP contribution < -0.4 is 9.54 Å². The summed E-state index contributed by atoms with van der Waals surface area (Å²) in [4.78, 5) is 17.7. The molecule has 1 fully saturated rings. The van der Waals surface area contributed by atoms with E-state index in [1.807, 2.05) is 18.2 Å². The average Bonchev–Trinajstić information content (AvgIpc) is 3.16. The number of sulfonamides is 1. The van der Waals surface area contributed by atoms with Gasteiger partial charge in [0.25, 0.3) is 5.91 Å². The summed E-state index contributed by atoms with van der Waals surface area (Å²) in [5, 5.41) is 0. The first-order valence-electron chi connectivity index (χ1n) is 9.82. The number of morpholine rings is 1. The van der Waals surface area contributed by atoms with Gasteiger partial charge >= 0.3 is 0 Å². The minimum absolute atomic E-state index is 0.132. The third kappa shape index (κ3) is 4.33. The quantitative estimate of drug-likeness (QED) is 0.532. The van der Waals surface area contributed by atoms with Crippen LogP contribution in [0, 0.1) is 12.3 Å². The maximum absolute atomic E-state index is 12.8. The highest BCUT2D eigenvalue weighted by molar-refractivity contribution is 7.89. The highest BCUT2D eigenvalue weighted by Gasteiger charge is 2.26. The maximum atomic E-state index is 12.8. The van der Waals surface area contributed by atoms with Crippen LogP contribution in [-0.4, -0.2) is 56.6 Å². The predicted molar refractivity (Wildman–Crippen MR) is 121 cm³/mol.